The summed E-state index contributed by atoms with van der Waals surface area (Å²) in [6.07, 6.45) is 4.44. The van der Waals surface area contributed by atoms with Crippen LogP contribution >= 0.6 is 11.6 Å². The molecule has 2 rings (SSSR count). The molecule has 2 atom stereocenters. The zero-order valence-corrected chi connectivity index (χ0v) is 12.0. The van der Waals surface area contributed by atoms with Crippen molar-refractivity contribution in [1.29, 1.82) is 0 Å². The first-order valence-electron chi connectivity index (χ1n) is 6.28. The van der Waals surface area contributed by atoms with Gasteiger partial charge in [-0.2, -0.15) is 0 Å². The molecule has 1 saturated carbocycles. The Labute approximate surface area is 118 Å². The van der Waals surface area contributed by atoms with Crippen molar-refractivity contribution in [3.63, 3.8) is 0 Å². The highest BCUT2D eigenvalue weighted by Crippen LogP contribution is 2.24. The topological polar surface area (TPSA) is 79.3 Å². The van der Waals surface area contributed by atoms with Crippen molar-refractivity contribution in [3.8, 4) is 0 Å². The number of hydrogen-bond donors (Lipinski definition) is 2. The molecule has 0 spiro atoms. The van der Waals surface area contributed by atoms with Gasteiger partial charge in [-0.15, -0.1) is 0 Å². The first-order chi connectivity index (χ1) is 8.99. The molecule has 19 heavy (non-hydrogen) atoms. The summed E-state index contributed by atoms with van der Waals surface area (Å²) in [5, 5.41) is 10.1. The maximum atomic E-state index is 12.0. The number of nitrogens with one attached hydrogen (secondary N) is 1. The molecular formula is C12H17ClN2O3S. The zero-order chi connectivity index (χ0) is 13.9. The molecule has 5 nitrogen and oxygen atoms in total. The monoisotopic (exact) mass is 304 g/mol. The maximum absolute atomic E-state index is 12.0. The van der Waals surface area contributed by atoms with E-state index in [0.717, 1.165) is 25.7 Å². The molecule has 1 heterocycles. The van der Waals surface area contributed by atoms with E-state index in [9.17, 15) is 13.5 Å². The Kier molecular flexibility index (Phi) is 4.78. The van der Waals surface area contributed by atoms with Crippen LogP contribution in [0.15, 0.2) is 23.2 Å². The molecule has 1 aromatic rings. The van der Waals surface area contributed by atoms with Gasteiger partial charge in [0.05, 0.1) is 6.10 Å². The maximum Gasteiger partial charge on any atom is 0.242 e. The summed E-state index contributed by atoms with van der Waals surface area (Å²) in [7, 11) is -3.58. The summed E-state index contributed by atoms with van der Waals surface area (Å²) in [6.45, 7) is 0.256. The molecule has 0 radical (unpaired) electrons. The minimum Gasteiger partial charge on any atom is -0.393 e. The van der Waals surface area contributed by atoms with E-state index in [-0.39, 0.29) is 22.5 Å². The molecule has 1 aromatic heterocycles. The highest BCUT2D eigenvalue weighted by atomic mass is 35.5. The SMILES string of the molecule is O=S(=O)(NCC1CCCCC1O)c1ccc(Cl)nc1. The van der Waals surface area contributed by atoms with Crippen LogP contribution in [0.25, 0.3) is 0 Å². The minimum absolute atomic E-state index is 0.0104. The second-order valence-electron chi connectivity index (χ2n) is 4.78. The van der Waals surface area contributed by atoms with Crippen LogP contribution in [0.5, 0.6) is 0 Å². The molecule has 1 fully saturated rings. The minimum atomic E-state index is -3.58. The molecule has 7 heteroatoms. The number of sulfonamides is 1. The Hall–Kier alpha value is -0.690. The number of rotatable bonds is 4. The molecule has 0 saturated heterocycles. The molecule has 1 aliphatic carbocycles. The van der Waals surface area contributed by atoms with Crippen molar-refractivity contribution in [1.82, 2.24) is 9.71 Å². The van der Waals surface area contributed by atoms with Crippen LogP contribution in [-0.4, -0.2) is 31.2 Å². The van der Waals surface area contributed by atoms with E-state index in [4.69, 9.17) is 11.6 Å². The Morgan fingerprint density at radius 1 is 1.37 bits per heavy atom. The van der Waals surface area contributed by atoms with Crippen LogP contribution in [0.3, 0.4) is 0 Å². The highest BCUT2D eigenvalue weighted by molar-refractivity contribution is 7.89. The third-order valence-electron chi connectivity index (χ3n) is 3.42. The fourth-order valence-electron chi connectivity index (χ4n) is 2.25. The quantitative estimate of drug-likeness (QED) is 0.828. The number of aliphatic hydroxyl groups is 1. The number of nitrogens with zero attached hydrogens (tertiary/aromatic N) is 1. The van der Waals surface area contributed by atoms with Gasteiger partial charge in [0.2, 0.25) is 10.0 Å². The molecule has 0 aromatic carbocycles. The first-order valence-corrected chi connectivity index (χ1v) is 8.14. The van der Waals surface area contributed by atoms with E-state index in [0.29, 0.717) is 0 Å². The van der Waals surface area contributed by atoms with Gasteiger partial charge in [-0.3, -0.25) is 0 Å². The Morgan fingerprint density at radius 3 is 2.74 bits per heavy atom. The largest absolute Gasteiger partial charge is 0.393 e. The summed E-state index contributed by atoms with van der Waals surface area (Å²) < 4.78 is 26.6. The van der Waals surface area contributed by atoms with Crippen molar-refractivity contribution < 1.29 is 13.5 Å². The third kappa shape index (κ3) is 3.89. The molecule has 2 unspecified atom stereocenters. The normalized spacial score (nSPS) is 24.3. The van der Waals surface area contributed by atoms with Crippen molar-refractivity contribution in [2.75, 3.05) is 6.54 Å². The van der Waals surface area contributed by atoms with E-state index in [1.165, 1.54) is 18.3 Å². The lowest BCUT2D eigenvalue weighted by Gasteiger charge is -2.27. The van der Waals surface area contributed by atoms with Gasteiger partial charge in [0.15, 0.2) is 0 Å². The average molecular weight is 305 g/mol. The van der Waals surface area contributed by atoms with Gasteiger partial charge in [-0.1, -0.05) is 24.4 Å². The molecule has 0 aliphatic heterocycles. The van der Waals surface area contributed by atoms with Gasteiger partial charge >= 0.3 is 0 Å². The lowest BCUT2D eigenvalue weighted by molar-refractivity contribution is 0.0724. The van der Waals surface area contributed by atoms with Gasteiger partial charge in [0.25, 0.3) is 0 Å². The second kappa shape index (κ2) is 6.17. The van der Waals surface area contributed by atoms with Crippen LogP contribution in [0.1, 0.15) is 25.7 Å². The fourth-order valence-corrected chi connectivity index (χ4v) is 3.40. The van der Waals surface area contributed by atoms with E-state index in [2.05, 4.69) is 9.71 Å². The molecule has 0 bridgehead atoms. The summed E-state index contributed by atoms with van der Waals surface area (Å²) >= 11 is 5.62. The van der Waals surface area contributed by atoms with E-state index in [1.54, 1.807) is 0 Å². The van der Waals surface area contributed by atoms with Gasteiger partial charge in [0, 0.05) is 12.7 Å². The van der Waals surface area contributed by atoms with Gasteiger partial charge in [-0.05, 0) is 30.9 Å². The van der Waals surface area contributed by atoms with Crippen molar-refractivity contribution in [2.24, 2.45) is 5.92 Å². The Balaban J connectivity index is 1.99. The van der Waals surface area contributed by atoms with Crippen LogP contribution in [-0.2, 0) is 10.0 Å². The average Bonchev–Trinajstić information content (AvgIpc) is 2.38. The number of hydrogen-bond acceptors (Lipinski definition) is 4. The van der Waals surface area contributed by atoms with Crippen molar-refractivity contribution >= 4 is 21.6 Å². The van der Waals surface area contributed by atoms with Crippen molar-refractivity contribution in [2.45, 2.75) is 36.7 Å². The second-order valence-corrected chi connectivity index (χ2v) is 6.93. The lowest BCUT2D eigenvalue weighted by atomic mass is 9.87. The third-order valence-corrected chi connectivity index (χ3v) is 5.05. The van der Waals surface area contributed by atoms with Crippen LogP contribution < -0.4 is 4.72 Å². The predicted octanol–water partition coefficient (Wildman–Crippen LogP) is 1.56. The number of pyridine rings is 1. The number of halogens is 1. The van der Waals surface area contributed by atoms with Crippen LogP contribution in [0, 0.1) is 5.92 Å². The molecule has 1 aliphatic rings. The molecule has 0 amide bonds. The van der Waals surface area contributed by atoms with Crippen LogP contribution in [0.4, 0.5) is 0 Å². The number of aliphatic hydroxyl groups excluding tert-OH is 1. The Bertz CT molecular complexity index is 518. The van der Waals surface area contributed by atoms with Gasteiger partial charge < -0.3 is 5.11 Å². The first kappa shape index (κ1) is 14.7. The molecular weight excluding hydrogens is 288 g/mol. The number of aromatic nitrogens is 1. The van der Waals surface area contributed by atoms with E-state index < -0.39 is 16.1 Å². The van der Waals surface area contributed by atoms with Gasteiger partial charge in [-0.25, -0.2) is 18.1 Å². The standard InChI is InChI=1S/C12H17ClN2O3S/c13-12-6-5-10(8-14-12)19(17,18)15-7-9-3-1-2-4-11(9)16/h5-6,8-9,11,15-16H,1-4,7H2. The van der Waals surface area contributed by atoms with Crippen molar-refractivity contribution in [3.05, 3.63) is 23.5 Å². The summed E-state index contributed by atoms with van der Waals surface area (Å²) in [5.74, 6) is -0.0104. The highest BCUT2D eigenvalue weighted by Gasteiger charge is 2.25. The summed E-state index contributed by atoms with van der Waals surface area (Å²) in [4.78, 5) is 3.84. The van der Waals surface area contributed by atoms with Gasteiger partial charge in [0.1, 0.15) is 10.0 Å². The molecule has 106 valence electrons. The lowest BCUT2D eigenvalue weighted by Crippen LogP contribution is -2.36. The summed E-state index contributed by atoms with van der Waals surface area (Å²) in [6, 6.07) is 2.85. The van der Waals surface area contributed by atoms with Crippen LogP contribution in [0.2, 0.25) is 5.15 Å². The smallest absolute Gasteiger partial charge is 0.242 e. The fraction of sp³-hybridized carbons (Fsp3) is 0.583. The Morgan fingerprint density at radius 2 is 2.11 bits per heavy atom. The summed E-state index contributed by atoms with van der Waals surface area (Å²) in [5.41, 5.74) is 0. The van der Waals surface area contributed by atoms with E-state index in [1.807, 2.05) is 0 Å². The van der Waals surface area contributed by atoms with E-state index >= 15 is 0 Å². The zero-order valence-electron chi connectivity index (χ0n) is 10.4. The predicted molar refractivity (Wildman–Crippen MR) is 72.4 cm³/mol. The molecule has 2 N–H and O–H groups in total.